The van der Waals surface area contributed by atoms with Gasteiger partial charge in [-0.15, -0.1) is 0 Å². The first-order chi connectivity index (χ1) is 10.1. The number of hydrogen-bond acceptors (Lipinski definition) is 3. The molecule has 108 valence electrons. The topological polar surface area (TPSA) is 83.6 Å². The number of carbonyl (C=O) groups excluding carboxylic acids is 2. The molecule has 0 aliphatic rings. The van der Waals surface area contributed by atoms with Crippen LogP contribution < -0.4 is 5.73 Å². The molecule has 0 bridgehead atoms. The predicted octanol–water partition coefficient (Wildman–Crippen LogP) is 2.23. The fourth-order valence-corrected chi connectivity index (χ4v) is 1.97. The van der Waals surface area contributed by atoms with Gasteiger partial charge in [0.25, 0.3) is 0 Å². The van der Waals surface area contributed by atoms with Crippen molar-refractivity contribution in [2.24, 2.45) is 5.73 Å². The zero-order chi connectivity index (χ0) is 15.2. The van der Waals surface area contributed by atoms with Gasteiger partial charge in [-0.05, 0) is 18.1 Å². The molecule has 0 aliphatic carbocycles. The fourth-order valence-electron chi connectivity index (χ4n) is 1.97. The largest absolute Gasteiger partial charge is 0.350 e. The van der Waals surface area contributed by atoms with Gasteiger partial charge in [0.1, 0.15) is 0 Å². The van der Waals surface area contributed by atoms with Crippen LogP contribution in [0.25, 0.3) is 0 Å². The summed E-state index contributed by atoms with van der Waals surface area (Å²) in [6, 6.07) is 15.2. The Morgan fingerprint density at radius 2 is 1.67 bits per heavy atom. The maximum atomic E-state index is 12.3. The number of urea groups is 1. The minimum atomic E-state index is -0.897. The first-order valence-corrected chi connectivity index (χ1v) is 6.52. The Morgan fingerprint density at radius 3 is 2.33 bits per heavy atom. The van der Waals surface area contributed by atoms with E-state index < -0.39 is 6.03 Å². The van der Waals surface area contributed by atoms with Gasteiger partial charge in [0.05, 0.1) is 6.54 Å². The Bertz CT molecular complexity index is 641. The molecule has 0 fully saturated rings. The van der Waals surface area contributed by atoms with Crippen LogP contribution in [0.2, 0.25) is 0 Å². The summed E-state index contributed by atoms with van der Waals surface area (Å²) in [6.07, 6.45) is 0.412. The van der Waals surface area contributed by atoms with Crippen LogP contribution in [0.5, 0.6) is 0 Å². The molecule has 0 saturated heterocycles. The highest BCUT2D eigenvalue weighted by Gasteiger charge is 2.10. The lowest BCUT2D eigenvalue weighted by molar-refractivity contribution is -0.0382. The molecular formula is C16H16N2O3. The van der Waals surface area contributed by atoms with Gasteiger partial charge in [0.2, 0.25) is 0 Å². The molecule has 5 nitrogen and oxygen atoms in total. The average Bonchev–Trinajstić information content (AvgIpc) is 2.53. The van der Waals surface area contributed by atoms with E-state index in [0.717, 1.165) is 5.56 Å². The molecule has 2 aromatic rings. The number of primary amides is 1. The summed E-state index contributed by atoms with van der Waals surface area (Å²) in [5.74, 6) is -0.0618. The van der Waals surface area contributed by atoms with E-state index in [1.807, 2.05) is 24.3 Å². The molecule has 0 aromatic heterocycles. The quantitative estimate of drug-likeness (QED) is 0.501. The van der Waals surface area contributed by atoms with Gasteiger partial charge in [-0.1, -0.05) is 48.5 Å². The second-order valence-electron chi connectivity index (χ2n) is 4.61. The standard InChI is InChI=1S/C16H16N2O3/c17-16(20)18(21)10-9-12-5-4-8-14(11-12)15(19)13-6-2-1-3-7-13/h1-8,11,21H,9-10H2,(H2,17,20). The molecule has 2 rings (SSSR count). The number of hydrogen-bond donors (Lipinski definition) is 2. The van der Waals surface area contributed by atoms with Crippen LogP contribution in [0.15, 0.2) is 54.6 Å². The SMILES string of the molecule is NC(=O)N(O)CCc1cccc(C(=O)c2ccccc2)c1. The summed E-state index contributed by atoms with van der Waals surface area (Å²) in [6.45, 7) is 0.0817. The maximum Gasteiger partial charge on any atom is 0.338 e. The minimum Gasteiger partial charge on any atom is -0.350 e. The van der Waals surface area contributed by atoms with Crippen molar-refractivity contribution in [2.75, 3.05) is 6.54 Å². The summed E-state index contributed by atoms with van der Waals surface area (Å²) < 4.78 is 0. The average molecular weight is 284 g/mol. The predicted molar refractivity (Wildman–Crippen MR) is 78.1 cm³/mol. The van der Waals surface area contributed by atoms with Gasteiger partial charge in [-0.2, -0.15) is 0 Å². The number of amides is 2. The molecule has 3 N–H and O–H groups in total. The normalized spacial score (nSPS) is 10.1. The van der Waals surface area contributed by atoms with E-state index in [-0.39, 0.29) is 12.3 Å². The second-order valence-corrected chi connectivity index (χ2v) is 4.61. The Kier molecular flexibility index (Phi) is 4.68. The third kappa shape index (κ3) is 3.90. The molecule has 0 aliphatic heterocycles. The van der Waals surface area contributed by atoms with Crippen LogP contribution in [0.4, 0.5) is 4.79 Å². The third-order valence-electron chi connectivity index (χ3n) is 3.09. The number of ketones is 1. The zero-order valence-electron chi connectivity index (χ0n) is 11.4. The van der Waals surface area contributed by atoms with E-state index in [1.54, 1.807) is 30.3 Å². The molecule has 0 saturated carbocycles. The van der Waals surface area contributed by atoms with E-state index in [0.29, 0.717) is 22.6 Å². The number of rotatable bonds is 5. The molecular weight excluding hydrogens is 268 g/mol. The van der Waals surface area contributed by atoms with Gasteiger partial charge < -0.3 is 5.73 Å². The van der Waals surface area contributed by atoms with Gasteiger partial charge in [0, 0.05) is 11.1 Å². The van der Waals surface area contributed by atoms with Crippen molar-refractivity contribution in [1.82, 2.24) is 5.06 Å². The number of benzene rings is 2. The van der Waals surface area contributed by atoms with E-state index in [2.05, 4.69) is 0 Å². The van der Waals surface area contributed by atoms with E-state index >= 15 is 0 Å². The summed E-state index contributed by atoms with van der Waals surface area (Å²) >= 11 is 0. The zero-order valence-corrected chi connectivity index (χ0v) is 11.4. The highest BCUT2D eigenvalue weighted by molar-refractivity contribution is 6.09. The summed E-state index contributed by atoms with van der Waals surface area (Å²) in [5.41, 5.74) is 6.97. The van der Waals surface area contributed by atoms with Gasteiger partial charge >= 0.3 is 6.03 Å². The monoisotopic (exact) mass is 284 g/mol. The second kappa shape index (κ2) is 6.67. The molecule has 0 atom stereocenters. The molecule has 0 heterocycles. The fraction of sp³-hybridized carbons (Fsp3) is 0.125. The van der Waals surface area contributed by atoms with Crippen LogP contribution in [-0.4, -0.2) is 28.6 Å². The van der Waals surface area contributed by atoms with Crippen LogP contribution in [0.3, 0.4) is 0 Å². The number of nitrogens with zero attached hydrogens (tertiary/aromatic N) is 1. The lowest BCUT2D eigenvalue weighted by Gasteiger charge is -2.12. The minimum absolute atomic E-state index is 0.0618. The first-order valence-electron chi connectivity index (χ1n) is 6.52. The van der Waals surface area contributed by atoms with Crippen molar-refractivity contribution in [3.63, 3.8) is 0 Å². The first kappa shape index (κ1) is 14.7. The van der Waals surface area contributed by atoms with Crippen LogP contribution in [0, 0.1) is 0 Å². The van der Waals surface area contributed by atoms with Crippen molar-refractivity contribution < 1.29 is 14.8 Å². The van der Waals surface area contributed by atoms with Crippen molar-refractivity contribution >= 4 is 11.8 Å². The highest BCUT2D eigenvalue weighted by atomic mass is 16.5. The van der Waals surface area contributed by atoms with Crippen LogP contribution in [0.1, 0.15) is 21.5 Å². The molecule has 5 heteroatoms. The molecule has 0 radical (unpaired) electrons. The number of carbonyl (C=O) groups is 2. The molecule has 21 heavy (non-hydrogen) atoms. The van der Waals surface area contributed by atoms with Gasteiger partial charge in [0.15, 0.2) is 5.78 Å². The number of nitrogens with two attached hydrogens (primary N) is 1. The lowest BCUT2D eigenvalue weighted by atomic mass is 10.0. The molecule has 0 unspecified atom stereocenters. The Hall–Kier alpha value is -2.66. The van der Waals surface area contributed by atoms with E-state index in [4.69, 9.17) is 5.73 Å². The Labute approximate surface area is 122 Å². The highest BCUT2D eigenvalue weighted by Crippen LogP contribution is 2.12. The van der Waals surface area contributed by atoms with Gasteiger partial charge in [-0.25, -0.2) is 9.86 Å². The summed E-state index contributed by atoms with van der Waals surface area (Å²) in [7, 11) is 0. The van der Waals surface area contributed by atoms with Crippen molar-refractivity contribution in [3.8, 4) is 0 Å². The smallest absolute Gasteiger partial charge is 0.338 e. The Morgan fingerprint density at radius 1 is 1.00 bits per heavy atom. The van der Waals surface area contributed by atoms with Crippen LogP contribution in [-0.2, 0) is 6.42 Å². The third-order valence-corrected chi connectivity index (χ3v) is 3.09. The van der Waals surface area contributed by atoms with Crippen molar-refractivity contribution in [3.05, 3.63) is 71.3 Å². The molecule has 2 aromatic carbocycles. The van der Waals surface area contributed by atoms with Gasteiger partial charge in [-0.3, -0.25) is 10.0 Å². The molecule has 2 amide bonds. The Balaban J connectivity index is 2.11. The summed E-state index contributed by atoms with van der Waals surface area (Å²) in [4.78, 5) is 23.0. The maximum absolute atomic E-state index is 12.3. The number of hydroxylamine groups is 2. The van der Waals surface area contributed by atoms with Crippen molar-refractivity contribution in [1.29, 1.82) is 0 Å². The summed E-state index contributed by atoms with van der Waals surface area (Å²) in [5, 5.41) is 9.69. The van der Waals surface area contributed by atoms with Crippen molar-refractivity contribution in [2.45, 2.75) is 6.42 Å². The van der Waals surface area contributed by atoms with E-state index in [9.17, 15) is 14.8 Å². The van der Waals surface area contributed by atoms with E-state index in [1.165, 1.54) is 0 Å². The lowest BCUT2D eigenvalue weighted by Crippen LogP contribution is -2.34. The molecule has 0 spiro atoms. The van der Waals surface area contributed by atoms with Crippen LogP contribution >= 0.6 is 0 Å².